The van der Waals surface area contributed by atoms with Crippen LogP contribution in [0, 0.1) is 0 Å². The van der Waals surface area contributed by atoms with Crippen LogP contribution in [0.2, 0.25) is 0 Å². The Hall–Kier alpha value is -0.0400. The quantitative estimate of drug-likeness (QED) is 0.0869. The number of rotatable bonds is 28. The molecule has 0 amide bonds. The summed E-state index contributed by atoms with van der Waals surface area (Å²) in [7, 11) is 0. The normalized spacial score (nSPS) is 9.91. The van der Waals surface area contributed by atoms with E-state index in [1.807, 2.05) is 0 Å². The first-order valence-corrected chi connectivity index (χ1v) is 20.7. The molecule has 0 bridgehead atoms. The molecule has 0 aliphatic carbocycles. The lowest BCUT2D eigenvalue weighted by Gasteiger charge is -1.97. The zero-order valence-corrected chi connectivity index (χ0v) is 32.8. The first kappa shape index (κ1) is 52.5. The molecule has 1 heteroatoms. The Kier molecular flexibility index (Phi) is 79.1. The number of hydrogen-bond acceptors (Lipinski definition) is 1. The Labute approximate surface area is 279 Å². The van der Waals surface area contributed by atoms with Crippen molar-refractivity contribution in [1.29, 1.82) is 0 Å². The van der Waals surface area contributed by atoms with Gasteiger partial charge in [-0.05, 0) is 6.92 Å². The molecule has 0 atom stereocenters. The van der Waals surface area contributed by atoms with Crippen LogP contribution < -0.4 is 0 Å². The monoisotopic (exact) mass is 615 g/mol. The first-order chi connectivity index (χ1) is 21.1. The van der Waals surface area contributed by atoms with Crippen LogP contribution in [0.15, 0.2) is 0 Å². The maximum absolute atomic E-state index is 7.57. The third-order valence-electron chi connectivity index (χ3n) is 7.83. The second-order valence-corrected chi connectivity index (χ2v) is 12.8. The first-order valence-electron chi connectivity index (χ1n) is 20.7. The summed E-state index contributed by atoms with van der Waals surface area (Å²) in [5, 5.41) is 7.57. The Bertz CT molecular complexity index is 244. The van der Waals surface area contributed by atoms with Gasteiger partial charge >= 0.3 is 0 Å². The molecule has 0 spiro atoms. The third kappa shape index (κ3) is 85.7. The zero-order chi connectivity index (χ0) is 33.3. The highest BCUT2D eigenvalue weighted by molar-refractivity contribution is 4.45. The van der Waals surface area contributed by atoms with Crippen molar-refractivity contribution in [3.8, 4) is 0 Å². The maximum Gasteiger partial charge on any atom is 0.0402 e. The number of hydrogen-bond donors (Lipinski definition) is 1. The van der Waals surface area contributed by atoms with E-state index in [0.29, 0.717) is 0 Å². The fraction of sp³-hybridized carbons (Fsp3) is 1.00. The maximum atomic E-state index is 7.57. The summed E-state index contributed by atoms with van der Waals surface area (Å²) in [4.78, 5) is 0. The Morgan fingerprint density at radius 2 is 0.256 bits per heavy atom. The Morgan fingerprint density at radius 3 is 0.326 bits per heavy atom. The van der Waals surface area contributed by atoms with Gasteiger partial charge in [-0.3, -0.25) is 0 Å². The van der Waals surface area contributed by atoms with Crippen molar-refractivity contribution >= 4 is 0 Å². The predicted octanol–water partition coefficient (Wildman–Crippen LogP) is 16.6. The van der Waals surface area contributed by atoms with E-state index in [2.05, 4.69) is 55.4 Å². The predicted molar refractivity (Wildman–Crippen MR) is 206 cm³/mol. The van der Waals surface area contributed by atoms with Crippen LogP contribution in [-0.4, -0.2) is 11.7 Å². The van der Waals surface area contributed by atoms with Gasteiger partial charge in [0.25, 0.3) is 0 Å². The van der Waals surface area contributed by atoms with Gasteiger partial charge in [0.05, 0.1) is 0 Å². The molecule has 0 aromatic carbocycles. The van der Waals surface area contributed by atoms with Crippen molar-refractivity contribution in [2.24, 2.45) is 0 Å². The molecule has 0 aliphatic rings. The van der Waals surface area contributed by atoms with Gasteiger partial charge in [-0.25, -0.2) is 0 Å². The van der Waals surface area contributed by atoms with Crippen LogP contribution >= 0.6 is 0 Å². The minimum atomic E-state index is 0.250. The largest absolute Gasteiger partial charge is 0.397 e. The number of aliphatic hydroxyl groups is 1. The third-order valence-corrected chi connectivity index (χ3v) is 7.83. The Morgan fingerprint density at radius 1 is 0.186 bits per heavy atom. The summed E-state index contributed by atoms with van der Waals surface area (Å²) in [5.41, 5.74) is 0. The van der Waals surface area contributed by atoms with Crippen molar-refractivity contribution in [2.75, 3.05) is 6.61 Å². The zero-order valence-electron chi connectivity index (χ0n) is 32.8. The molecule has 0 unspecified atom stereocenters. The van der Waals surface area contributed by atoms with Gasteiger partial charge in [0.15, 0.2) is 0 Å². The van der Waals surface area contributed by atoms with Gasteiger partial charge in [-0.1, -0.05) is 261 Å². The molecular formula is C42H94O. The van der Waals surface area contributed by atoms with Crippen molar-refractivity contribution in [3.63, 3.8) is 0 Å². The van der Waals surface area contributed by atoms with Gasteiger partial charge in [-0.2, -0.15) is 0 Å². The highest BCUT2D eigenvalue weighted by atomic mass is 16.2. The summed E-state index contributed by atoms with van der Waals surface area (Å²) in [6.07, 6.45) is 45.8. The molecule has 0 rings (SSSR count). The van der Waals surface area contributed by atoms with Crippen molar-refractivity contribution in [3.05, 3.63) is 0 Å². The molecule has 268 valence electrons. The van der Waals surface area contributed by atoms with Gasteiger partial charge in [0.1, 0.15) is 0 Å². The van der Waals surface area contributed by atoms with Gasteiger partial charge in [0, 0.05) is 6.61 Å². The van der Waals surface area contributed by atoms with E-state index in [1.165, 1.54) is 205 Å². The van der Waals surface area contributed by atoms with Crippen LogP contribution in [0.5, 0.6) is 0 Å². The van der Waals surface area contributed by atoms with Crippen LogP contribution in [-0.2, 0) is 0 Å². The van der Waals surface area contributed by atoms with Crippen LogP contribution in [0.25, 0.3) is 0 Å². The SMILES string of the molecule is CCCCCCCCCC.CCCCCCCCCC.CCCCCCCCCC.CCCCCCCCCC.CCO. The second-order valence-electron chi connectivity index (χ2n) is 12.8. The molecule has 0 aromatic heterocycles. The summed E-state index contributed by atoms with van der Waals surface area (Å²) in [5.74, 6) is 0. The van der Waals surface area contributed by atoms with Crippen molar-refractivity contribution in [1.82, 2.24) is 0 Å². The molecule has 43 heavy (non-hydrogen) atoms. The van der Waals surface area contributed by atoms with Crippen LogP contribution in [0.1, 0.15) is 268 Å². The second kappa shape index (κ2) is 64.8. The molecule has 0 heterocycles. The van der Waals surface area contributed by atoms with E-state index in [9.17, 15) is 0 Å². The van der Waals surface area contributed by atoms with Crippen LogP contribution in [0.3, 0.4) is 0 Å². The highest BCUT2D eigenvalue weighted by Gasteiger charge is 1.90. The van der Waals surface area contributed by atoms with Crippen molar-refractivity contribution in [2.45, 2.75) is 268 Å². The highest BCUT2D eigenvalue weighted by Crippen LogP contribution is 2.10. The summed E-state index contributed by atoms with van der Waals surface area (Å²) >= 11 is 0. The van der Waals surface area contributed by atoms with Gasteiger partial charge in [-0.15, -0.1) is 0 Å². The van der Waals surface area contributed by atoms with E-state index in [4.69, 9.17) is 5.11 Å². The lowest BCUT2D eigenvalue weighted by atomic mass is 10.1. The van der Waals surface area contributed by atoms with E-state index >= 15 is 0 Å². The average Bonchev–Trinajstić information content (AvgIpc) is 3.02. The minimum Gasteiger partial charge on any atom is -0.397 e. The minimum absolute atomic E-state index is 0.250. The smallest absolute Gasteiger partial charge is 0.0402 e. The molecule has 0 aromatic rings. The van der Waals surface area contributed by atoms with Crippen molar-refractivity contribution < 1.29 is 5.11 Å². The number of aliphatic hydroxyl groups excluding tert-OH is 1. The molecule has 0 fully saturated rings. The average molecular weight is 615 g/mol. The molecule has 0 saturated carbocycles. The fourth-order valence-corrected chi connectivity index (χ4v) is 4.83. The molecule has 0 aliphatic heterocycles. The molecule has 1 nitrogen and oxygen atoms in total. The lowest BCUT2D eigenvalue weighted by molar-refractivity contribution is 0.318. The molecule has 1 N–H and O–H groups in total. The van der Waals surface area contributed by atoms with Gasteiger partial charge < -0.3 is 5.11 Å². The fourth-order valence-electron chi connectivity index (χ4n) is 4.83. The summed E-state index contributed by atoms with van der Waals surface area (Å²) in [6, 6.07) is 0. The van der Waals surface area contributed by atoms with Gasteiger partial charge in [0.2, 0.25) is 0 Å². The molecular weight excluding hydrogens is 520 g/mol. The topological polar surface area (TPSA) is 20.2 Å². The number of unbranched alkanes of at least 4 members (excludes halogenated alkanes) is 28. The molecule has 0 saturated heterocycles. The lowest BCUT2D eigenvalue weighted by Crippen LogP contribution is -1.77. The van der Waals surface area contributed by atoms with E-state index in [-0.39, 0.29) is 6.61 Å². The van der Waals surface area contributed by atoms with E-state index in [1.54, 1.807) is 6.92 Å². The Balaban J connectivity index is -0.000000145. The summed E-state index contributed by atoms with van der Waals surface area (Å²) in [6.45, 7) is 20.1. The van der Waals surface area contributed by atoms with E-state index < -0.39 is 0 Å². The van der Waals surface area contributed by atoms with Crippen LogP contribution in [0.4, 0.5) is 0 Å². The van der Waals surface area contributed by atoms with E-state index in [0.717, 1.165) is 0 Å². The molecule has 0 radical (unpaired) electrons. The summed E-state index contributed by atoms with van der Waals surface area (Å²) < 4.78 is 0. The standard InChI is InChI=1S/4C10H22.C2H6O/c4*1-3-5-7-9-10-8-6-4-2;1-2-3/h4*3-10H2,1-2H3;3H,2H2,1H3.